The molecule has 206 valence electrons. The molecule has 1 unspecified atom stereocenters. The summed E-state index contributed by atoms with van der Waals surface area (Å²) in [5.74, 6) is -4.00. The van der Waals surface area contributed by atoms with Gasteiger partial charge in [0.1, 0.15) is 31.2 Å². The van der Waals surface area contributed by atoms with Crippen molar-refractivity contribution in [2.24, 2.45) is 0 Å². The highest BCUT2D eigenvalue weighted by Gasteiger charge is 2.44. The van der Waals surface area contributed by atoms with Gasteiger partial charge in [0.05, 0.1) is 6.10 Å². The standard InChI is InChI=1S/C22H30F2N3O9P/c1-14(2)34-20(30)15(3)26-37(32,36-17-8-6-5-7-9-17)33-13-22(24,16(4)28)35-19(12-23)27-11-10-18(29)25-21(27)31/h5-11,14-16,19,28H,12-13H2,1-4H3,(H,26,32)(H,25,29,31)/t15-,16-,19+,22+,37?/m0/s1. The second kappa shape index (κ2) is 13.1. The first kappa shape index (κ1) is 30.3. The number of alkyl halides is 2. The first-order valence-corrected chi connectivity index (χ1v) is 12.7. The van der Waals surface area contributed by atoms with Crippen LogP contribution in [-0.2, 0) is 23.4 Å². The Morgan fingerprint density at radius 1 is 1.19 bits per heavy atom. The van der Waals surface area contributed by atoms with Gasteiger partial charge in [0.2, 0.25) is 0 Å². The molecule has 0 spiro atoms. The number of esters is 1. The minimum atomic E-state index is -4.56. The van der Waals surface area contributed by atoms with Crippen LogP contribution in [0.1, 0.15) is 33.9 Å². The van der Waals surface area contributed by atoms with E-state index in [2.05, 4.69) is 5.09 Å². The zero-order valence-corrected chi connectivity index (χ0v) is 21.5. The van der Waals surface area contributed by atoms with Crippen molar-refractivity contribution in [2.75, 3.05) is 13.3 Å². The largest absolute Gasteiger partial charge is 0.462 e. The highest BCUT2D eigenvalue weighted by Crippen LogP contribution is 2.46. The maximum atomic E-state index is 15.7. The van der Waals surface area contributed by atoms with Gasteiger partial charge in [-0.1, -0.05) is 18.2 Å². The van der Waals surface area contributed by atoms with Gasteiger partial charge < -0.3 is 19.1 Å². The molecule has 2 rings (SSSR count). The van der Waals surface area contributed by atoms with E-state index in [1.807, 2.05) is 4.98 Å². The fourth-order valence-corrected chi connectivity index (χ4v) is 4.31. The van der Waals surface area contributed by atoms with Crippen molar-refractivity contribution in [1.29, 1.82) is 0 Å². The highest BCUT2D eigenvalue weighted by atomic mass is 31.2. The van der Waals surface area contributed by atoms with Crippen molar-refractivity contribution >= 4 is 13.7 Å². The maximum Gasteiger partial charge on any atom is 0.459 e. The number of nitrogens with zero attached hydrogens (tertiary/aromatic N) is 1. The number of para-hydroxylation sites is 1. The molecule has 12 nitrogen and oxygen atoms in total. The number of H-pyrrole nitrogens is 1. The number of aromatic nitrogens is 2. The third kappa shape index (κ3) is 8.86. The first-order valence-electron chi connectivity index (χ1n) is 11.2. The lowest BCUT2D eigenvalue weighted by molar-refractivity contribution is -0.260. The Labute approximate surface area is 211 Å². The fraction of sp³-hybridized carbons (Fsp3) is 0.500. The number of halogens is 2. The van der Waals surface area contributed by atoms with Crippen LogP contribution in [0.4, 0.5) is 8.78 Å². The van der Waals surface area contributed by atoms with Gasteiger partial charge in [-0.25, -0.2) is 18.1 Å². The summed E-state index contributed by atoms with van der Waals surface area (Å²) in [6.07, 6.45) is -3.53. The van der Waals surface area contributed by atoms with Crippen LogP contribution >= 0.6 is 7.75 Å². The average molecular weight is 549 g/mol. The third-order valence-corrected chi connectivity index (χ3v) is 6.33. The zero-order chi connectivity index (χ0) is 27.8. The molecular weight excluding hydrogens is 519 g/mol. The summed E-state index contributed by atoms with van der Waals surface area (Å²) in [6, 6.07) is 7.25. The summed E-state index contributed by atoms with van der Waals surface area (Å²) < 4.78 is 64.2. The quantitative estimate of drug-likeness (QED) is 0.236. The van der Waals surface area contributed by atoms with Crippen molar-refractivity contribution in [3.63, 3.8) is 0 Å². The van der Waals surface area contributed by atoms with Crippen LogP contribution in [0.15, 0.2) is 52.2 Å². The summed E-state index contributed by atoms with van der Waals surface area (Å²) >= 11 is 0. The number of ether oxygens (including phenoxy) is 2. The van der Waals surface area contributed by atoms with Crippen LogP contribution in [0.5, 0.6) is 5.75 Å². The molecule has 2 aromatic rings. The fourth-order valence-electron chi connectivity index (χ4n) is 2.80. The number of carbonyl (C=O) groups is 1. The van der Waals surface area contributed by atoms with E-state index in [1.54, 1.807) is 32.0 Å². The number of carbonyl (C=O) groups excluding carboxylic acids is 1. The molecular formula is C22H30F2N3O9P. The molecule has 0 amide bonds. The summed E-state index contributed by atoms with van der Waals surface area (Å²) in [5, 5.41) is 12.4. The molecule has 5 atom stereocenters. The number of aliphatic hydroxyl groups excluding tert-OH is 1. The van der Waals surface area contributed by atoms with E-state index in [-0.39, 0.29) is 5.75 Å². The Morgan fingerprint density at radius 2 is 1.84 bits per heavy atom. The molecule has 1 aromatic heterocycles. The molecule has 1 aromatic carbocycles. The molecule has 0 fully saturated rings. The van der Waals surface area contributed by atoms with E-state index in [0.717, 1.165) is 19.2 Å². The Hall–Kier alpha value is -2.90. The summed E-state index contributed by atoms with van der Waals surface area (Å²) in [4.78, 5) is 37.4. The number of benzene rings is 1. The van der Waals surface area contributed by atoms with Gasteiger partial charge in [-0.3, -0.25) is 23.7 Å². The van der Waals surface area contributed by atoms with E-state index < -0.39 is 68.6 Å². The van der Waals surface area contributed by atoms with Gasteiger partial charge in [-0.15, -0.1) is 0 Å². The molecule has 0 bridgehead atoms. The maximum absolute atomic E-state index is 15.7. The predicted octanol–water partition coefficient (Wildman–Crippen LogP) is 2.20. The number of rotatable bonds is 14. The second-order valence-corrected chi connectivity index (χ2v) is 9.91. The monoisotopic (exact) mass is 549 g/mol. The van der Waals surface area contributed by atoms with E-state index in [9.17, 15) is 28.4 Å². The molecule has 37 heavy (non-hydrogen) atoms. The first-order chi connectivity index (χ1) is 17.3. The van der Waals surface area contributed by atoms with Crippen molar-refractivity contribution < 1.29 is 41.8 Å². The molecule has 0 saturated carbocycles. The van der Waals surface area contributed by atoms with Gasteiger partial charge >= 0.3 is 19.4 Å². The summed E-state index contributed by atoms with van der Waals surface area (Å²) in [5.41, 5.74) is -1.87. The van der Waals surface area contributed by atoms with Gasteiger partial charge in [-0.2, -0.15) is 5.09 Å². The zero-order valence-electron chi connectivity index (χ0n) is 20.6. The Bertz CT molecular complexity index is 1190. The summed E-state index contributed by atoms with van der Waals surface area (Å²) in [7, 11) is -4.56. The van der Waals surface area contributed by atoms with Crippen molar-refractivity contribution in [3.8, 4) is 5.75 Å². The molecule has 15 heteroatoms. The Morgan fingerprint density at radius 3 is 2.38 bits per heavy atom. The number of hydrogen-bond acceptors (Lipinski definition) is 9. The normalized spacial score (nSPS) is 17.3. The lowest BCUT2D eigenvalue weighted by atomic mass is 10.2. The number of nitrogens with one attached hydrogen (secondary N) is 2. The highest BCUT2D eigenvalue weighted by molar-refractivity contribution is 7.52. The lowest BCUT2D eigenvalue weighted by Crippen LogP contribution is -2.47. The third-order valence-electron chi connectivity index (χ3n) is 4.71. The van der Waals surface area contributed by atoms with Gasteiger partial charge in [-0.05, 0) is 39.8 Å². The molecule has 0 radical (unpaired) electrons. The molecule has 0 saturated heterocycles. The van der Waals surface area contributed by atoms with Crippen molar-refractivity contribution in [2.45, 2.75) is 58.0 Å². The van der Waals surface area contributed by atoms with E-state index in [1.165, 1.54) is 19.1 Å². The predicted molar refractivity (Wildman–Crippen MR) is 127 cm³/mol. The number of aliphatic hydroxyl groups is 1. The van der Waals surface area contributed by atoms with Crippen LogP contribution in [0, 0.1) is 0 Å². The van der Waals surface area contributed by atoms with E-state index in [0.29, 0.717) is 4.57 Å². The van der Waals surface area contributed by atoms with Gasteiger partial charge in [0.15, 0.2) is 6.23 Å². The average Bonchev–Trinajstić information content (AvgIpc) is 2.81. The topological polar surface area (TPSA) is 158 Å². The minimum absolute atomic E-state index is 0.0339. The van der Waals surface area contributed by atoms with Gasteiger partial charge in [0.25, 0.3) is 11.4 Å². The molecule has 0 aliphatic rings. The minimum Gasteiger partial charge on any atom is -0.462 e. The van der Waals surface area contributed by atoms with Crippen LogP contribution in [0.25, 0.3) is 0 Å². The van der Waals surface area contributed by atoms with Gasteiger partial charge in [0, 0.05) is 12.3 Å². The van der Waals surface area contributed by atoms with Crippen LogP contribution in [0.3, 0.4) is 0 Å². The molecule has 1 heterocycles. The van der Waals surface area contributed by atoms with E-state index >= 15 is 4.39 Å². The SMILES string of the molecule is CC(C)OC(=O)[C@H](C)NP(=O)(OC[C@@](F)(O[C@H](CF)n1ccc(=O)[nH]c1=O)[C@H](C)O)Oc1ccccc1. The molecule has 0 aliphatic heterocycles. The second-order valence-electron chi connectivity index (χ2n) is 8.22. The number of aromatic amines is 1. The van der Waals surface area contributed by atoms with Crippen LogP contribution in [-0.4, -0.2) is 58.0 Å². The lowest BCUT2D eigenvalue weighted by Gasteiger charge is -2.33. The van der Waals surface area contributed by atoms with E-state index in [4.69, 9.17) is 18.5 Å². The summed E-state index contributed by atoms with van der Waals surface area (Å²) in [6.45, 7) is 2.74. The molecule has 3 N–H and O–H groups in total. The Balaban J connectivity index is 2.31. The van der Waals surface area contributed by atoms with Crippen LogP contribution < -0.4 is 20.9 Å². The molecule has 0 aliphatic carbocycles. The van der Waals surface area contributed by atoms with Crippen molar-refractivity contribution in [3.05, 3.63) is 63.4 Å². The number of hydrogen-bond donors (Lipinski definition) is 3. The van der Waals surface area contributed by atoms with Crippen molar-refractivity contribution in [1.82, 2.24) is 14.6 Å². The smallest absolute Gasteiger partial charge is 0.459 e. The Kier molecular flexibility index (Phi) is 10.7. The van der Waals surface area contributed by atoms with Crippen LogP contribution in [0.2, 0.25) is 0 Å².